The first-order valence-corrected chi connectivity index (χ1v) is 9.93. The number of nitro benzene ring substituents is 2. The highest BCUT2D eigenvalue weighted by molar-refractivity contribution is 5.84. The van der Waals surface area contributed by atoms with Gasteiger partial charge in [-0.15, -0.1) is 0 Å². The van der Waals surface area contributed by atoms with Gasteiger partial charge in [0, 0.05) is 18.7 Å². The summed E-state index contributed by atoms with van der Waals surface area (Å²) in [4.78, 5) is 50.9. The number of nitro groups is 2. The molecule has 0 saturated carbocycles. The Bertz CT molecular complexity index is 1260. The maximum absolute atomic E-state index is 12.5. The van der Waals surface area contributed by atoms with E-state index >= 15 is 0 Å². The van der Waals surface area contributed by atoms with E-state index in [1.807, 2.05) is 6.07 Å². The lowest BCUT2D eigenvalue weighted by molar-refractivity contribution is -0.394. The molecule has 13 nitrogen and oxygen atoms in total. The number of carbonyl (C=O) groups is 2. The van der Waals surface area contributed by atoms with Crippen LogP contribution >= 0.6 is 0 Å². The largest absolute Gasteiger partial charge is 0.444 e. The Hall–Kier alpha value is -4.81. The standard InChI is InChI=1S/C21H17N5O8/c27-20-19(24(13-34-20)21(28)33-11-14-4-2-1-3-5-14)8-15-10-23(12-22-15)17-7-6-16(25(29)30)9-18(17)26(31)32/h1-7,9-10,12,19H,8,11,13H2/t19-/m0/s1. The third kappa shape index (κ3) is 4.67. The van der Waals surface area contributed by atoms with E-state index in [9.17, 15) is 29.8 Å². The number of ether oxygens (including phenoxy) is 2. The fourth-order valence-electron chi connectivity index (χ4n) is 3.41. The molecule has 0 spiro atoms. The van der Waals surface area contributed by atoms with Gasteiger partial charge in [-0.25, -0.2) is 14.6 Å². The summed E-state index contributed by atoms with van der Waals surface area (Å²) in [7, 11) is 0. The molecular formula is C21H17N5O8. The number of esters is 1. The molecule has 0 unspecified atom stereocenters. The lowest BCUT2D eigenvalue weighted by Crippen LogP contribution is -2.40. The van der Waals surface area contributed by atoms with E-state index in [4.69, 9.17) is 9.47 Å². The molecule has 0 bridgehead atoms. The van der Waals surface area contributed by atoms with Gasteiger partial charge in [0.15, 0.2) is 6.73 Å². The quantitative estimate of drug-likeness (QED) is 0.289. The molecule has 1 amide bonds. The van der Waals surface area contributed by atoms with Gasteiger partial charge in [-0.3, -0.25) is 29.7 Å². The summed E-state index contributed by atoms with van der Waals surface area (Å²) in [5.74, 6) is -0.632. The van der Waals surface area contributed by atoms with E-state index < -0.39 is 39.3 Å². The first-order chi connectivity index (χ1) is 16.3. The molecule has 1 aliphatic rings. The normalized spacial score (nSPS) is 15.1. The predicted molar refractivity (Wildman–Crippen MR) is 114 cm³/mol. The summed E-state index contributed by atoms with van der Waals surface area (Å²) in [6.07, 6.45) is 1.97. The molecule has 13 heteroatoms. The van der Waals surface area contributed by atoms with E-state index in [0.717, 1.165) is 22.6 Å². The minimum atomic E-state index is -0.988. The Kier molecular flexibility index (Phi) is 6.16. The predicted octanol–water partition coefficient (Wildman–Crippen LogP) is 2.75. The highest BCUT2D eigenvalue weighted by Gasteiger charge is 2.39. The van der Waals surface area contributed by atoms with E-state index in [-0.39, 0.29) is 25.4 Å². The van der Waals surface area contributed by atoms with E-state index in [1.165, 1.54) is 23.2 Å². The maximum Gasteiger partial charge on any atom is 0.413 e. The zero-order valence-electron chi connectivity index (χ0n) is 17.5. The number of nitrogens with zero attached hydrogens (tertiary/aromatic N) is 5. The Morgan fingerprint density at radius 1 is 1.15 bits per heavy atom. The monoisotopic (exact) mass is 467 g/mol. The SMILES string of the molecule is O=C1OCN(C(=O)OCc2ccccc2)[C@H]1Cc1cn(-c2ccc([N+](=O)[O-])cc2[N+](=O)[O-])cn1. The van der Waals surface area contributed by atoms with Crippen molar-refractivity contribution in [3.63, 3.8) is 0 Å². The molecule has 1 atom stereocenters. The summed E-state index contributed by atoms with van der Waals surface area (Å²) >= 11 is 0. The molecule has 1 aliphatic heterocycles. The van der Waals surface area contributed by atoms with Gasteiger partial charge in [0.05, 0.1) is 27.9 Å². The molecule has 0 N–H and O–H groups in total. The van der Waals surface area contributed by atoms with Gasteiger partial charge < -0.3 is 9.47 Å². The van der Waals surface area contributed by atoms with Crippen LogP contribution in [0.4, 0.5) is 16.2 Å². The van der Waals surface area contributed by atoms with Crippen molar-refractivity contribution in [1.82, 2.24) is 14.5 Å². The lowest BCUT2D eigenvalue weighted by atomic mass is 10.1. The minimum absolute atomic E-state index is 0.0208. The van der Waals surface area contributed by atoms with Crippen molar-refractivity contribution in [3.05, 3.63) is 92.5 Å². The highest BCUT2D eigenvalue weighted by atomic mass is 16.6. The lowest BCUT2D eigenvalue weighted by Gasteiger charge is -2.19. The number of cyclic esters (lactones) is 1. The number of imidazole rings is 1. The number of hydrogen-bond acceptors (Lipinski definition) is 9. The van der Waals surface area contributed by atoms with E-state index in [2.05, 4.69) is 4.98 Å². The summed E-state index contributed by atoms with van der Waals surface area (Å²) in [6, 6.07) is 11.3. The molecule has 2 aromatic carbocycles. The molecule has 3 aromatic rings. The molecule has 1 saturated heterocycles. The fraction of sp³-hybridized carbons (Fsp3) is 0.190. The molecule has 4 rings (SSSR count). The molecule has 174 valence electrons. The number of aromatic nitrogens is 2. The second-order valence-corrected chi connectivity index (χ2v) is 7.28. The first-order valence-electron chi connectivity index (χ1n) is 9.93. The Balaban J connectivity index is 1.49. The van der Waals surface area contributed by atoms with Crippen LogP contribution < -0.4 is 0 Å². The van der Waals surface area contributed by atoms with Crippen LogP contribution in [0.3, 0.4) is 0 Å². The van der Waals surface area contributed by atoms with Crippen LogP contribution in [0.15, 0.2) is 61.1 Å². The molecule has 2 heterocycles. The van der Waals surface area contributed by atoms with Gasteiger partial charge in [-0.2, -0.15) is 0 Å². The molecular weight excluding hydrogens is 450 g/mol. The summed E-state index contributed by atoms with van der Waals surface area (Å²) < 4.78 is 11.6. The Morgan fingerprint density at radius 3 is 2.62 bits per heavy atom. The van der Waals surface area contributed by atoms with Crippen LogP contribution in [0.1, 0.15) is 11.3 Å². The summed E-state index contributed by atoms with van der Waals surface area (Å²) in [5, 5.41) is 22.4. The van der Waals surface area contributed by atoms with Crippen molar-refractivity contribution in [1.29, 1.82) is 0 Å². The van der Waals surface area contributed by atoms with Gasteiger partial charge >= 0.3 is 12.1 Å². The van der Waals surface area contributed by atoms with Crippen molar-refractivity contribution >= 4 is 23.4 Å². The van der Waals surface area contributed by atoms with Crippen LogP contribution in [0.2, 0.25) is 0 Å². The van der Waals surface area contributed by atoms with Crippen molar-refractivity contribution in [2.75, 3.05) is 6.73 Å². The van der Waals surface area contributed by atoms with Gasteiger partial charge in [0.25, 0.3) is 11.4 Å². The Labute approximate surface area is 191 Å². The second-order valence-electron chi connectivity index (χ2n) is 7.28. The highest BCUT2D eigenvalue weighted by Crippen LogP contribution is 2.28. The molecule has 0 aliphatic carbocycles. The second kappa shape index (κ2) is 9.36. The van der Waals surface area contributed by atoms with Crippen molar-refractivity contribution in [2.45, 2.75) is 19.1 Å². The van der Waals surface area contributed by atoms with Crippen LogP contribution in [-0.4, -0.2) is 49.1 Å². The third-order valence-corrected chi connectivity index (χ3v) is 5.12. The molecule has 1 fully saturated rings. The van der Waals surface area contributed by atoms with Gasteiger partial charge in [0.1, 0.15) is 18.3 Å². The average Bonchev–Trinajstić information content (AvgIpc) is 3.45. The fourth-order valence-corrected chi connectivity index (χ4v) is 3.41. The number of carbonyl (C=O) groups excluding carboxylic acids is 2. The van der Waals surface area contributed by atoms with Crippen LogP contribution in [0, 0.1) is 20.2 Å². The molecule has 1 aromatic heterocycles. The first kappa shape index (κ1) is 22.4. The third-order valence-electron chi connectivity index (χ3n) is 5.12. The van der Waals surface area contributed by atoms with Gasteiger partial charge in [0.2, 0.25) is 0 Å². The molecule has 0 radical (unpaired) electrons. The number of rotatable bonds is 7. The topological polar surface area (TPSA) is 160 Å². The van der Waals surface area contributed by atoms with Crippen molar-refractivity contribution in [3.8, 4) is 5.69 Å². The molecule has 34 heavy (non-hydrogen) atoms. The van der Waals surface area contributed by atoms with Gasteiger partial charge in [-0.1, -0.05) is 30.3 Å². The van der Waals surface area contributed by atoms with Crippen molar-refractivity contribution < 1.29 is 28.9 Å². The number of non-ortho nitro benzene ring substituents is 1. The minimum Gasteiger partial charge on any atom is -0.444 e. The van der Waals surface area contributed by atoms with Crippen LogP contribution in [0.25, 0.3) is 5.69 Å². The number of amides is 1. The van der Waals surface area contributed by atoms with E-state index in [0.29, 0.717) is 5.69 Å². The number of hydrogen-bond donors (Lipinski definition) is 0. The summed E-state index contributed by atoms with van der Waals surface area (Å²) in [6.45, 7) is -0.249. The van der Waals surface area contributed by atoms with E-state index in [1.54, 1.807) is 24.3 Å². The summed E-state index contributed by atoms with van der Waals surface area (Å²) in [5.41, 5.74) is 0.279. The average molecular weight is 467 g/mol. The smallest absolute Gasteiger partial charge is 0.413 e. The van der Waals surface area contributed by atoms with Crippen LogP contribution in [0.5, 0.6) is 0 Å². The zero-order chi connectivity index (χ0) is 24.2. The Morgan fingerprint density at radius 2 is 1.91 bits per heavy atom. The maximum atomic E-state index is 12.5. The van der Waals surface area contributed by atoms with Crippen molar-refractivity contribution in [2.24, 2.45) is 0 Å². The zero-order valence-corrected chi connectivity index (χ0v) is 17.5. The number of benzene rings is 2. The van der Waals surface area contributed by atoms with Gasteiger partial charge in [-0.05, 0) is 11.6 Å². The van der Waals surface area contributed by atoms with Crippen LogP contribution in [-0.2, 0) is 27.3 Å².